The molecule has 2 amide bonds. The summed E-state index contributed by atoms with van der Waals surface area (Å²) in [6.45, 7) is -0.284. The molecule has 1 aliphatic rings. The SMILES string of the molecule is COc1cc(COc2ccc(C3(N)CCN(CC(=O)N(O)CCS(C)(=O)=O)C3=O)cc2)c2ccccc2n1. The van der Waals surface area contributed by atoms with Crippen LogP contribution in [0.4, 0.5) is 0 Å². The molecule has 1 atom stereocenters. The van der Waals surface area contributed by atoms with E-state index in [-0.39, 0.29) is 31.9 Å². The van der Waals surface area contributed by atoms with Gasteiger partial charge in [-0.05, 0) is 30.2 Å². The number of sulfone groups is 1. The standard InChI is InChI=1S/C26H30N4O7S/c1-36-23-15-18(21-5-3-4-6-22(21)28-23)17-37-20-9-7-19(8-10-20)26(27)11-12-29(25(26)32)16-24(31)30(33)13-14-38(2,34)35/h3-10,15,33H,11-14,16-17,27H2,1-2H3. The fourth-order valence-electron chi connectivity index (χ4n) is 4.30. The summed E-state index contributed by atoms with van der Waals surface area (Å²) in [5.41, 5.74) is 7.42. The Morgan fingerprint density at radius 3 is 2.61 bits per heavy atom. The monoisotopic (exact) mass is 542 g/mol. The van der Waals surface area contributed by atoms with Crippen LogP contribution in [0, 0.1) is 0 Å². The van der Waals surface area contributed by atoms with Crippen LogP contribution in [0.1, 0.15) is 17.5 Å². The lowest BCUT2D eigenvalue weighted by atomic mass is 9.89. The highest BCUT2D eigenvalue weighted by Gasteiger charge is 2.45. The molecule has 38 heavy (non-hydrogen) atoms. The number of nitrogens with zero attached hydrogens (tertiary/aromatic N) is 3. The van der Waals surface area contributed by atoms with Crippen molar-refractivity contribution in [1.82, 2.24) is 14.9 Å². The average Bonchev–Trinajstić information content (AvgIpc) is 3.19. The zero-order chi connectivity index (χ0) is 27.5. The number of amides is 2. The molecule has 0 radical (unpaired) electrons. The van der Waals surface area contributed by atoms with Gasteiger partial charge in [-0.25, -0.2) is 18.5 Å². The number of pyridine rings is 1. The molecule has 1 aliphatic heterocycles. The van der Waals surface area contributed by atoms with Crippen molar-refractivity contribution in [2.75, 3.05) is 38.8 Å². The van der Waals surface area contributed by atoms with Gasteiger partial charge in [0.15, 0.2) is 0 Å². The second kappa shape index (κ2) is 10.9. The number of nitrogens with two attached hydrogens (primary N) is 1. The smallest absolute Gasteiger partial charge is 0.265 e. The summed E-state index contributed by atoms with van der Waals surface area (Å²) in [5.74, 6) is -0.549. The van der Waals surface area contributed by atoms with Gasteiger partial charge in [-0.1, -0.05) is 30.3 Å². The lowest BCUT2D eigenvalue weighted by Gasteiger charge is -2.25. The summed E-state index contributed by atoms with van der Waals surface area (Å²) in [4.78, 5) is 31.1. The predicted molar refractivity (Wildman–Crippen MR) is 139 cm³/mol. The van der Waals surface area contributed by atoms with E-state index in [9.17, 15) is 23.2 Å². The lowest BCUT2D eigenvalue weighted by Crippen LogP contribution is -2.48. The van der Waals surface area contributed by atoms with Crippen LogP contribution in [0.25, 0.3) is 10.9 Å². The van der Waals surface area contributed by atoms with Crippen LogP contribution >= 0.6 is 0 Å². The third kappa shape index (κ3) is 6.04. The lowest BCUT2D eigenvalue weighted by molar-refractivity contribution is -0.166. The topological polar surface area (TPSA) is 152 Å². The Bertz CT molecular complexity index is 1450. The zero-order valence-electron chi connectivity index (χ0n) is 21.2. The number of ether oxygens (including phenoxy) is 2. The molecule has 12 heteroatoms. The maximum absolute atomic E-state index is 13.1. The van der Waals surface area contributed by atoms with Gasteiger partial charge in [0, 0.05) is 29.8 Å². The van der Waals surface area contributed by atoms with Crippen LogP contribution in [-0.2, 0) is 31.6 Å². The summed E-state index contributed by atoms with van der Waals surface area (Å²) in [6.07, 6.45) is 1.28. The largest absolute Gasteiger partial charge is 0.489 e. The van der Waals surface area contributed by atoms with Crippen LogP contribution < -0.4 is 15.2 Å². The van der Waals surface area contributed by atoms with Crippen LogP contribution in [-0.4, -0.2) is 79.1 Å². The van der Waals surface area contributed by atoms with Gasteiger partial charge in [-0.15, -0.1) is 0 Å². The first-order chi connectivity index (χ1) is 18.0. The second-order valence-electron chi connectivity index (χ2n) is 9.25. The van der Waals surface area contributed by atoms with Gasteiger partial charge in [-0.3, -0.25) is 14.8 Å². The van der Waals surface area contributed by atoms with E-state index in [0.717, 1.165) is 22.7 Å². The van der Waals surface area contributed by atoms with E-state index in [1.165, 1.54) is 4.90 Å². The van der Waals surface area contributed by atoms with E-state index in [2.05, 4.69) is 4.98 Å². The van der Waals surface area contributed by atoms with Crippen molar-refractivity contribution in [2.24, 2.45) is 5.73 Å². The molecule has 1 saturated heterocycles. The molecule has 4 rings (SSSR count). The summed E-state index contributed by atoms with van der Waals surface area (Å²) in [5, 5.41) is 11.1. The van der Waals surface area contributed by atoms with Gasteiger partial charge in [0.2, 0.25) is 11.8 Å². The maximum atomic E-state index is 13.1. The predicted octanol–water partition coefficient (Wildman–Crippen LogP) is 1.47. The average molecular weight is 543 g/mol. The molecular formula is C26H30N4O7S. The number of rotatable bonds is 10. The second-order valence-corrected chi connectivity index (χ2v) is 11.5. The molecule has 3 aromatic rings. The number of hydrogen-bond acceptors (Lipinski definition) is 9. The van der Waals surface area contributed by atoms with Crippen molar-refractivity contribution < 1.29 is 32.7 Å². The summed E-state index contributed by atoms with van der Waals surface area (Å²) >= 11 is 0. The quantitative estimate of drug-likeness (QED) is 0.286. The Kier molecular flexibility index (Phi) is 7.86. The molecule has 1 aromatic heterocycles. The minimum atomic E-state index is -3.36. The molecule has 0 saturated carbocycles. The van der Waals surface area contributed by atoms with E-state index in [1.54, 1.807) is 31.4 Å². The summed E-state index contributed by atoms with van der Waals surface area (Å²) in [7, 11) is -1.80. The van der Waals surface area contributed by atoms with Gasteiger partial charge in [-0.2, -0.15) is 0 Å². The third-order valence-corrected chi connectivity index (χ3v) is 7.41. The number of fused-ring (bicyclic) bond motifs is 1. The Morgan fingerprint density at radius 1 is 1.21 bits per heavy atom. The molecule has 1 unspecified atom stereocenters. The third-order valence-electron chi connectivity index (χ3n) is 6.48. The highest BCUT2D eigenvalue weighted by Crippen LogP contribution is 2.32. The fourth-order valence-corrected chi connectivity index (χ4v) is 4.80. The number of likely N-dealkylation sites (tertiary alicyclic amines) is 1. The summed E-state index contributed by atoms with van der Waals surface area (Å²) < 4.78 is 33.8. The molecule has 202 valence electrons. The molecule has 2 aromatic carbocycles. The first kappa shape index (κ1) is 27.3. The highest BCUT2D eigenvalue weighted by molar-refractivity contribution is 7.90. The van der Waals surface area contributed by atoms with E-state index in [1.807, 2.05) is 30.3 Å². The fraction of sp³-hybridized carbons (Fsp3) is 0.346. The first-order valence-electron chi connectivity index (χ1n) is 11.9. The number of para-hydroxylation sites is 1. The Hall–Kier alpha value is -3.74. The van der Waals surface area contributed by atoms with Crippen molar-refractivity contribution in [2.45, 2.75) is 18.6 Å². The van der Waals surface area contributed by atoms with Gasteiger partial charge >= 0.3 is 0 Å². The van der Waals surface area contributed by atoms with Crippen LogP contribution in [0.5, 0.6) is 11.6 Å². The summed E-state index contributed by atoms with van der Waals surface area (Å²) in [6, 6.07) is 16.4. The van der Waals surface area contributed by atoms with Gasteiger partial charge in [0.25, 0.3) is 5.91 Å². The number of methoxy groups -OCH3 is 1. The van der Waals surface area contributed by atoms with Crippen molar-refractivity contribution >= 4 is 32.6 Å². The Morgan fingerprint density at radius 2 is 1.92 bits per heavy atom. The number of hydroxylamine groups is 2. The van der Waals surface area contributed by atoms with E-state index >= 15 is 0 Å². The molecule has 1 fully saturated rings. The van der Waals surface area contributed by atoms with Gasteiger partial charge in [0.05, 0.1) is 24.9 Å². The van der Waals surface area contributed by atoms with Gasteiger partial charge < -0.3 is 20.1 Å². The molecule has 3 N–H and O–H groups in total. The Labute approximate surface area is 220 Å². The zero-order valence-corrected chi connectivity index (χ0v) is 22.0. The minimum absolute atomic E-state index is 0.218. The highest BCUT2D eigenvalue weighted by atomic mass is 32.2. The normalized spacial score (nSPS) is 17.6. The molecule has 0 aliphatic carbocycles. The van der Waals surface area contributed by atoms with Crippen LogP contribution in [0.2, 0.25) is 0 Å². The van der Waals surface area contributed by atoms with E-state index in [4.69, 9.17) is 15.2 Å². The molecular weight excluding hydrogens is 512 g/mol. The molecule has 0 bridgehead atoms. The molecule has 0 spiro atoms. The number of aromatic nitrogens is 1. The van der Waals surface area contributed by atoms with E-state index in [0.29, 0.717) is 22.3 Å². The minimum Gasteiger partial charge on any atom is -0.489 e. The van der Waals surface area contributed by atoms with Crippen molar-refractivity contribution in [1.29, 1.82) is 0 Å². The van der Waals surface area contributed by atoms with E-state index < -0.39 is 33.7 Å². The molecule has 2 heterocycles. The van der Waals surface area contributed by atoms with Gasteiger partial charge in [0.1, 0.15) is 34.3 Å². The van der Waals surface area contributed by atoms with Crippen molar-refractivity contribution in [3.8, 4) is 11.6 Å². The van der Waals surface area contributed by atoms with Crippen LogP contribution in [0.15, 0.2) is 54.6 Å². The molecule has 11 nitrogen and oxygen atoms in total. The van der Waals surface area contributed by atoms with Crippen molar-refractivity contribution in [3.63, 3.8) is 0 Å². The number of carbonyl (C=O) groups excluding carboxylic acids is 2. The van der Waals surface area contributed by atoms with Crippen molar-refractivity contribution in [3.05, 3.63) is 65.7 Å². The van der Waals surface area contributed by atoms with Crippen LogP contribution in [0.3, 0.4) is 0 Å². The number of carbonyl (C=O) groups is 2. The number of benzene rings is 2. The maximum Gasteiger partial charge on any atom is 0.265 e. The number of hydrogen-bond donors (Lipinski definition) is 2. The Balaban J connectivity index is 1.40. The first-order valence-corrected chi connectivity index (χ1v) is 14.0.